The van der Waals surface area contributed by atoms with Crippen molar-refractivity contribution in [2.45, 2.75) is 38.5 Å². The predicted octanol–water partition coefficient (Wildman–Crippen LogP) is 2.76. The highest BCUT2D eigenvalue weighted by atomic mass is 19.1. The second-order valence-electron chi connectivity index (χ2n) is 6.07. The second kappa shape index (κ2) is 9.50. The monoisotopic (exact) mass is 322 g/mol. The third-order valence-corrected chi connectivity index (χ3v) is 4.28. The summed E-state index contributed by atoms with van der Waals surface area (Å²) in [5.41, 5.74) is 0.812. The van der Waals surface area contributed by atoms with E-state index in [0.717, 1.165) is 18.5 Å². The van der Waals surface area contributed by atoms with Crippen LogP contribution < -0.4 is 10.1 Å². The zero-order valence-corrected chi connectivity index (χ0v) is 13.9. The van der Waals surface area contributed by atoms with Crippen LogP contribution in [-0.2, 0) is 11.2 Å². The molecule has 0 bridgehead atoms. The maximum Gasteiger partial charge on any atom is 0.220 e. The molecule has 4 nitrogen and oxygen atoms in total. The number of nitrogens with one attached hydrogen (secondary N) is 1. The highest BCUT2D eigenvalue weighted by molar-refractivity contribution is 5.76. The van der Waals surface area contributed by atoms with Gasteiger partial charge >= 0.3 is 0 Å². The molecule has 1 saturated heterocycles. The highest BCUT2D eigenvalue weighted by Crippen LogP contribution is 2.18. The van der Waals surface area contributed by atoms with Gasteiger partial charge in [-0.2, -0.15) is 0 Å². The molecule has 5 heteroatoms. The summed E-state index contributed by atoms with van der Waals surface area (Å²) in [6.45, 7) is 4.16. The lowest BCUT2D eigenvalue weighted by Gasteiger charge is -2.26. The number of ether oxygens (including phenoxy) is 1. The Bertz CT molecular complexity index is 502. The van der Waals surface area contributed by atoms with Crippen LogP contribution in [0.1, 0.15) is 37.7 Å². The topological polar surface area (TPSA) is 41.6 Å². The summed E-state index contributed by atoms with van der Waals surface area (Å²) in [4.78, 5) is 14.3. The van der Waals surface area contributed by atoms with Crippen LogP contribution in [0, 0.1) is 5.82 Å². The lowest BCUT2D eigenvalue weighted by molar-refractivity contribution is -0.121. The van der Waals surface area contributed by atoms with E-state index in [-0.39, 0.29) is 17.5 Å². The van der Waals surface area contributed by atoms with Gasteiger partial charge in [-0.05, 0) is 63.0 Å². The fourth-order valence-electron chi connectivity index (χ4n) is 2.93. The van der Waals surface area contributed by atoms with Crippen molar-refractivity contribution in [2.24, 2.45) is 0 Å². The molecule has 1 aromatic carbocycles. The van der Waals surface area contributed by atoms with E-state index in [2.05, 4.69) is 10.2 Å². The Morgan fingerprint density at radius 1 is 1.30 bits per heavy atom. The van der Waals surface area contributed by atoms with Crippen molar-refractivity contribution >= 4 is 5.91 Å². The molecule has 2 rings (SSSR count). The summed E-state index contributed by atoms with van der Waals surface area (Å²) in [6, 6.07) is 4.83. The van der Waals surface area contributed by atoms with E-state index in [1.165, 1.54) is 45.5 Å². The number of rotatable bonds is 8. The summed E-state index contributed by atoms with van der Waals surface area (Å²) < 4.78 is 18.5. The SMILES string of the molecule is COc1ccc(CCC(=O)NCCCN2CCCCC2)cc1F. The minimum atomic E-state index is -0.382. The first-order valence-corrected chi connectivity index (χ1v) is 8.50. The van der Waals surface area contributed by atoms with Gasteiger partial charge in [-0.25, -0.2) is 4.39 Å². The number of benzene rings is 1. The predicted molar refractivity (Wildman–Crippen MR) is 89.2 cm³/mol. The number of piperidine rings is 1. The van der Waals surface area contributed by atoms with Crippen molar-refractivity contribution in [3.05, 3.63) is 29.6 Å². The van der Waals surface area contributed by atoms with E-state index in [1.54, 1.807) is 12.1 Å². The molecule has 1 amide bonds. The number of hydrogen-bond donors (Lipinski definition) is 1. The zero-order chi connectivity index (χ0) is 16.5. The van der Waals surface area contributed by atoms with Gasteiger partial charge in [-0.1, -0.05) is 12.5 Å². The number of carbonyl (C=O) groups excluding carboxylic acids is 1. The van der Waals surface area contributed by atoms with Crippen molar-refractivity contribution in [1.29, 1.82) is 0 Å². The van der Waals surface area contributed by atoms with Crippen molar-refractivity contribution in [1.82, 2.24) is 10.2 Å². The molecule has 1 aliphatic heterocycles. The number of hydrogen-bond acceptors (Lipinski definition) is 3. The lowest BCUT2D eigenvalue weighted by atomic mass is 10.1. The Balaban J connectivity index is 1.60. The van der Waals surface area contributed by atoms with Crippen molar-refractivity contribution in [3.8, 4) is 5.75 Å². The van der Waals surface area contributed by atoms with Crippen LogP contribution in [0.2, 0.25) is 0 Å². The molecule has 0 saturated carbocycles. The number of amides is 1. The summed E-state index contributed by atoms with van der Waals surface area (Å²) in [5.74, 6) is -0.122. The molecule has 0 aliphatic carbocycles. The number of likely N-dealkylation sites (tertiary alicyclic amines) is 1. The molecule has 128 valence electrons. The van der Waals surface area contributed by atoms with Gasteiger partial charge in [-0.15, -0.1) is 0 Å². The average molecular weight is 322 g/mol. The Morgan fingerprint density at radius 3 is 2.78 bits per heavy atom. The van der Waals surface area contributed by atoms with Crippen LogP contribution in [-0.4, -0.2) is 44.1 Å². The Kier molecular flexibility index (Phi) is 7.33. The van der Waals surface area contributed by atoms with Crippen LogP contribution >= 0.6 is 0 Å². The van der Waals surface area contributed by atoms with Crippen molar-refractivity contribution in [2.75, 3.05) is 33.3 Å². The summed E-state index contributed by atoms with van der Waals surface area (Å²) in [7, 11) is 1.44. The first-order chi connectivity index (χ1) is 11.2. The quantitative estimate of drug-likeness (QED) is 0.748. The molecule has 0 aromatic heterocycles. The van der Waals surface area contributed by atoms with Gasteiger partial charge in [0.1, 0.15) is 0 Å². The molecule has 1 N–H and O–H groups in total. The number of methoxy groups -OCH3 is 1. The smallest absolute Gasteiger partial charge is 0.220 e. The Morgan fingerprint density at radius 2 is 2.09 bits per heavy atom. The van der Waals surface area contributed by atoms with E-state index in [9.17, 15) is 9.18 Å². The van der Waals surface area contributed by atoms with Crippen LogP contribution in [0.15, 0.2) is 18.2 Å². The third-order valence-electron chi connectivity index (χ3n) is 4.28. The van der Waals surface area contributed by atoms with Gasteiger partial charge in [0.15, 0.2) is 11.6 Å². The standard InChI is InChI=1S/C18H27FN2O2/c1-23-17-8-6-15(14-16(17)19)7-9-18(22)20-10-5-13-21-11-3-2-4-12-21/h6,8,14H,2-5,7,9-13H2,1H3,(H,20,22). The molecule has 0 radical (unpaired) electrons. The van der Waals surface area contributed by atoms with Gasteiger partial charge in [0, 0.05) is 13.0 Å². The first kappa shape index (κ1) is 17.7. The summed E-state index contributed by atoms with van der Waals surface area (Å²) in [6.07, 6.45) is 5.85. The van der Waals surface area contributed by atoms with E-state index >= 15 is 0 Å². The Labute approximate surface area is 138 Å². The van der Waals surface area contributed by atoms with Gasteiger partial charge in [0.25, 0.3) is 0 Å². The number of nitrogens with zero attached hydrogens (tertiary/aromatic N) is 1. The van der Waals surface area contributed by atoms with E-state index in [1.807, 2.05) is 0 Å². The van der Waals surface area contributed by atoms with Gasteiger partial charge < -0.3 is 15.0 Å². The fourth-order valence-corrected chi connectivity index (χ4v) is 2.93. The molecule has 0 spiro atoms. The minimum Gasteiger partial charge on any atom is -0.494 e. The molecule has 1 aliphatic rings. The number of halogens is 1. The highest BCUT2D eigenvalue weighted by Gasteiger charge is 2.09. The van der Waals surface area contributed by atoms with Gasteiger partial charge in [0.05, 0.1) is 7.11 Å². The van der Waals surface area contributed by atoms with Crippen LogP contribution in [0.4, 0.5) is 4.39 Å². The average Bonchev–Trinajstić information content (AvgIpc) is 2.58. The van der Waals surface area contributed by atoms with E-state index in [0.29, 0.717) is 19.4 Å². The van der Waals surface area contributed by atoms with Crippen LogP contribution in [0.5, 0.6) is 5.75 Å². The first-order valence-electron chi connectivity index (χ1n) is 8.50. The number of aryl methyl sites for hydroxylation is 1. The maximum atomic E-state index is 13.6. The fraction of sp³-hybridized carbons (Fsp3) is 0.611. The molecule has 0 unspecified atom stereocenters. The minimum absolute atomic E-state index is 0.0277. The molecule has 1 heterocycles. The third kappa shape index (κ3) is 6.18. The van der Waals surface area contributed by atoms with Crippen molar-refractivity contribution < 1.29 is 13.9 Å². The van der Waals surface area contributed by atoms with Crippen LogP contribution in [0.3, 0.4) is 0 Å². The molecule has 0 atom stereocenters. The zero-order valence-electron chi connectivity index (χ0n) is 13.9. The van der Waals surface area contributed by atoms with Crippen LogP contribution in [0.25, 0.3) is 0 Å². The Hall–Kier alpha value is -1.62. The lowest BCUT2D eigenvalue weighted by Crippen LogP contribution is -2.33. The van der Waals surface area contributed by atoms with Crippen molar-refractivity contribution in [3.63, 3.8) is 0 Å². The van der Waals surface area contributed by atoms with Gasteiger partial charge in [0.2, 0.25) is 5.91 Å². The van der Waals surface area contributed by atoms with Gasteiger partial charge in [-0.3, -0.25) is 4.79 Å². The summed E-state index contributed by atoms with van der Waals surface area (Å²) in [5, 5.41) is 2.95. The molecule has 1 aromatic rings. The summed E-state index contributed by atoms with van der Waals surface area (Å²) >= 11 is 0. The maximum absolute atomic E-state index is 13.6. The largest absolute Gasteiger partial charge is 0.494 e. The molecule has 23 heavy (non-hydrogen) atoms. The van der Waals surface area contributed by atoms with E-state index < -0.39 is 0 Å². The molecular weight excluding hydrogens is 295 g/mol. The normalized spacial score (nSPS) is 15.4. The molecule has 1 fully saturated rings. The second-order valence-corrected chi connectivity index (χ2v) is 6.07. The van der Waals surface area contributed by atoms with E-state index in [4.69, 9.17) is 4.74 Å². The number of carbonyl (C=O) groups is 1. The molecular formula is C18H27FN2O2.